The van der Waals surface area contributed by atoms with E-state index in [9.17, 15) is 14.4 Å². The molecule has 0 bridgehead atoms. The van der Waals surface area contributed by atoms with Gasteiger partial charge in [-0.1, -0.05) is 19.1 Å². The third-order valence-corrected chi connectivity index (χ3v) is 4.97. The Balaban J connectivity index is 1.84. The molecule has 0 aliphatic carbocycles. The van der Waals surface area contributed by atoms with Crippen LogP contribution in [0.15, 0.2) is 24.3 Å². The normalized spacial score (nSPS) is 20.2. The molecule has 1 saturated heterocycles. The standard InChI is InChI=1S/C17H22N2O4S/c1-3-11-5-7-12(8-6-11)18-15(20)9-14-16(21)19-13(10-24-14)17(22)23-4-2/h5-8,13-14H,3-4,9-10H2,1-2H3,(H,18,20)(H,19,21). The van der Waals surface area contributed by atoms with Crippen LogP contribution in [0.25, 0.3) is 0 Å². The van der Waals surface area contributed by atoms with E-state index in [1.165, 1.54) is 17.3 Å². The van der Waals surface area contributed by atoms with Crippen LogP contribution in [0.4, 0.5) is 5.69 Å². The molecule has 24 heavy (non-hydrogen) atoms. The van der Waals surface area contributed by atoms with Crippen LogP contribution in [-0.2, 0) is 25.5 Å². The monoisotopic (exact) mass is 350 g/mol. The summed E-state index contributed by atoms with van der Waals surface area (Å²) in [5, 5.41) is 4.92. The van der Waals surface area contributed by atoms with Gasteiger partial charge < -0.3 is 15.4 Å². The highest BCUT2D eigenvalue weighted by atomic mass is 32.2. The minimum absolute atomic E-state index is 0.0710. The molecular weight excluding hydrogens is 328 g/mol. The molecule has 2 amide bonds. The summed E-state index contributed by atoms with van der Waals surface area (Å²) in [6.07, 6.45) is 1.01. The summed E-state index contributed by atoms with van der Waals surface area (Å²) in [5.41, 5.74) is 1.91. The lowest BCUT2D eigenvalue weighted by molar-refractivity contribution is -0.146. The van der Waals surface area contributed by atoms with Gasteiger partial charge in [0.05, 0.1) is 11.9 Å². The van der Waals surface area contributed by atoms with Crippen molar-refractivity contribution in [3.63, 3.8) is 0 Å². The average molecular weight is 350 g/mol. The molecule has 2 rings (SSSR count). The Labute approximate surface area is 145 Å². The molecule has 0 aromatic heterocycles. The van der Waals surface area contributed by atoms with Crippen LogP contribution in [0, 0.1) is 0 Å². The maximum absolute atomic E-state index is 12.1. The molecule has 1 heterocycles. The van der Waals surface area contributed by atoms with Gasteiger partial charge in [-0.05, 0) is 31.0 Å². The van der Waals surface area contributed by atoms with Crippen LogP contribution >= 0.6 is 11.8 Å². The lowest BCUT2D eigenvalue weighted by Gasteiger charge is -2.27. The number of thioether (sulfide) groups is 1. The number of benzene rings is 1. The van der Waals surface area contributed by atoms with E-state index >= 15 is 0 Å². The van der Waals surface area contributed by atoms with Crippen LogP contribution in [0.1, 0.15) is 25.8 Å². The molecule has 1 aliphatic rings. The van der Waals surface area contributed by atoms with Crippen molar-refractivity contribution in [1.82, 2.24) is 5.32 Å². The number of hydrogen-bond acceptors (Lipinski definition) is 5. The predicted molar refractivity (Wildman–Crippen MR) is 93.9 cm³/mol. The quantitative estimate of drug-likeness (QED) is 0.764. The van der Waals surface area contributed by atoms with Gasteiger partial charge in [0, 0.05) is 17.9 Å². The lowest BCUT2D eigenvalue weighted by atomic mass is 10.1. The Hall–Kier alpha value is -2.02. The number of hydrogen-bond donors (Lipinski definition) is 2. The molecule has 2 unspecified atom stereocenters. The smallest absolute Gasteiger partial charge is 0.329 e. The van der Waals surface area contributed by atoms with Gasteiger partial charge in [-0.25, -0.2) is 4.79 Å². The number of nitrogens with one attached hydrogen (secondary N) is 2. The zero-order chi connectivity index (χ0) is 17.5. The van der Waals surface area contributed by atoms with Gasteiger partial charge in [-0.3, -0.25) is 9.59 Å². The third kappa shape index (κ3) is 4.99. The van der Waals surface area contributed by atoms with E-state index in [4.69, 9.17) is 4.74 Å². The summed E-state index contributed by atoms with van der Waals surface area (Å²) in [6, 6.07) is 6.98. The van der Waals surface area contributed by atoms with E-state index < -0.39 is 17.3 Å². The molecule has 1 fully saturated rings. The fourth-order valence-electron chi connectivity index (χ4n) is 2.32. The minimum Gasteiger partial charge on any atom is -0.464 e. The fourth-order valence-corrected chi connectivity index (χ4v) is 3.45. The number of anilines is 1. The van der Waals surface area contributed by atoms with Gasteiger partial charge in [0.2, 0.25) is 11.8 Å². The van der Waals surface area contributed by atoms with Crippen molar-refractivity contribution < 1.29 is 19.1 Å². The first-order valence-corrected chi connectivity index (χ1v) is 9.05. The Morgan fingerprint density at radius 1 is 1.29 bits per heavy atom. The van der Waals surface area contributed by atoms with Crippen molar-refractivity contribution in [2.75, 3.05) is 17.7 Å². The Kier molecular flexibility index (Phi) is 6.66. The number of ether oxygens (including phenoxy) is 1. The van der Waals surface area contributed by atoms with Gasteiger partial charge >= 0.3 is 5.97 Å². The highest BCUT2D eigenvalue weighted by Gasteiger charge is 2.34. The summed E-state index contributed by atoms with van der Waals surface area (Å²) >= 11 is 1.30. The molecule has 0 radical (unpaired) electrons. The molecule has 1 aromatic carbocycles. The predicted octanol–water partition coefficient (Wildman–Crippen LogP) is 1.74. The van der Waals surface area contributed by atoms with E-state index in [1.54, 1.807) is 6.92 Å². The summed E-state index contributed by atoms with van der Waals surface area (Å²) in [7, 11) is 0. The molecular formula is C17H22N2O4S. The number of rotatable bonds is 6. The maximum Gasteiger partial charge on any atom is 0.329 e. The molecule has 0 saturated carbocycles. The van der Waals surface area contributed by atoms with Gasteiger partial charge in [0.1, 0.15) is 6.04 Å². The topological polar surface area (TPSA) is 84.5 Å². The Morgan fingerprint density at radius 3 is 2.58 bits per heavy atom. The summed E-state index contributed by atoms with van der Waals surface area (Å²) in [5.74, 6) is -0.548. The lowest BCUT2D eigenvalue weighted by Crippen LogP contribution is -2.51. The summed E-state index contributed by atoms with van der Waals surface area (Å²) in [4.78, 5) is 35.8. The third-order valence-electron chi connectivity index (χ3n) is 3.66. The van der Waals surface area contributed by atoms with Gasteiger partial charge in [0.25, 0.3) is 0 Å². The molecule has 0 spiro atoms. The zero-order valence-corrected chi connectivity index (χ0v) is 14.7. The summed E-state index contributed by atoms with van der Waals surface area (Å²) < 4.78 is 4.90. The fraction of sp³-hybridized carbons (Fsp3) is 0.471. The molecule has 7 heteroatoms. The second-order valence-electron chi connectivity index (χ2n) is 5.44. The van der Waals surface area contributed by atoms with Crippen molar-refractivity contribution in [3.05, 3.63) is 29.8 Å². The van der Waals surface area contributed by atoms with E-state index in [2.05, 4.69) is 17.6 Å². The van der Waals surface area contributed by atoms with Crippen molar-refractivity contribution in [2.24, 2.45) is 0 Å². The number of esters is 1. The van der Waals surface area contributed by atoms with Crippen LogP contribution in [0.3, 0.4) is 0 Å². The summed E-state index contributed by atoms with van der Waals surface area (Å²) in [6.45, 7) is 4.06. The average Bonchev–Trinajstić information content (AvgIpc) is 2.57. The van der Waals surface area contributed by atoms with Gasteiger partial charge in [0.15, 0.2) is 0 Å². The van der Waals surface area contributed by atoms with Crippen LogP contribution in [0.2, 0.25) is 0 Å². The second kappa shape index (κ2) is 8.73. The Morgan fingerprint density at radius 2 is 2.00 bits per heavy atom. The molecule has 2 atom stereocenters. The largest absolute Gasteiger partial charge is 0.464 e. The van der Waals surface area contributed by atoms with E-state index in [0.29, 0.717) is 11.4 Å². The highest BCUT2D eigenvalue weighted by Crippen LogP contribution is 2.22. The number of amides is 2. The second-order valence-corrected chi connectivity index (χ2v) is 6.67. The SMILES string of the molecule is CCOC(=O)C1CSC(CC(=O)Nc2ccc(CC)cc2)C(=O)N1. The van der Waals surface area contributed by atoms with Gasteiger partial charge in [-0.2, -0.15) is 0 Å². The van der Waals surface area contributed by atoms with Crippen LogP contribution in [-0.4, -0.2) is 41.4 Å². The van der Waals surface area contributed by atoms with Gasteiger partial charge in [-0.15, -0.1) is 11.8 Å². The first-order chi connectivity index (χ1) is 11.5. The number of aryl methyl sites for hydroxylation is 1. The van der Waals surface area contributed by atoms with Crippen molar-refractivity contribution in [1.29, 1.82) is 0 Å². The van der Waals surface area contributed by atoms with Crippen LogP contribution in [0.5, 0.6) is 0 Å². The maximum atomic E-state index is 12.1. The minimum atomic E-state index is -0.636. The molecule has 1 aliphatic heterocycles. The van der Waals surface area contributed by atoms with Crippen molar-refractivity contribution in [2.45, 2.75) is 38.0 Å². The van der Waals surface area contributed by atoms with E-state index in [-0.39, 0.29) is 24.8 Å². The number of carbonyl (C=O) groups excluding carboxylic acids is 3. The Bertz CT molecular complexity index is 603. The first kappa shape index (κ1) is 18.3. The first-order valence-electron chi connectivity index (χ1n) is 8.00. The molecule has 2 N–H and O–H groups in total. The van der Waals surface area contributed by atoms with Crippen molar-refractivity contribution in [3.8, 4) is 0 Å². The highest BCUT2D eigenvalue weighted by molar-refractivity contribution is 8.00. The van der Waals surface area contributed by atoms with E-state index in [1.807, 2.05) is 24.3 Å². The molecule has 130 valence electrons. The zero-order valence-electron chi connectivity index (χ0n) is 13.8. The van der Waals surface area contributed by atoms with Crippen LogP contribution < -0.4 is 10.6 Å². The number of carbonyl (C=O) groups is 3. The molecule has 1 aromatic rings. The van der Waals surface area contributed by atoms with E-state index in [0.717, 1.165) is 6.42 Å². The van der Waals surface area contributed by atoms with Crippen molar-refractivity contribution >= 4 is 35.2 Å². The molecule has 6 nitrogen and oxygen atoms in total.